The quantitative estimate of drug-likeness (QED) is 0.678. The lowest BCUT2D eigenvalue weighted by atomic mass is 9.95. The van der Waals surface area contributed by atoms with Crippen LogP contribution in [0.1, 0.15) is 48.9 Å². The van der Waals surface area contributed by atoms with Crippen LogP contribution < -0.4 is 5.32 Å². The Labute approximate surface area is 145 Å². The van der Waals surface area contributed by atoms with E-state index in [1.807, 2.05) is 25.1 Å². The number of nitrogens with one attached hydrogen (secondary N) is 1. The second kappa shape index (κ2) is 8.17. The number of anilines is 1. The van der Waals surface area contributed by atoms with Crippen LogP contribution in [0.4, 0.5) is 5.69 Å². The van der Waals surface area contributed by atoms with E-state index in [4.69, 9.17) is 0 Å². The summed E-state index contributed by atoms with van der Waals surface area (Å²) in [5, 5.41) is 12.7. The molecule has 0 saturated heterocycles. The van der Waals surface area contributed by atoms with E-state index in [9.17, 15) is 5.26 Å². The molecule has 1 N–H and O–H groups in total. The van der Waals surface area contributed by atoms with Crippen molar-refractivity contribution in [3.05, 3.63) is 77.9 Å². The lowest BCUT2D eigenvalue weighted by Gasteiger charge is -2.16. The first-order chi connectivity index (χ1) is 11.6. The Balaban J connectivity index is 2.24. The van der Waals surface area contributed by atoms with Gasteiger partial charge in [-0.05, 0) is 49.1 Å². The monoisotopic (exact) mass is 316 g/mol. The Bertz CT molecular complexity index is 777. The van der Waals surface area contributed by atoms with Crippen molar-refractivity contribution in [2.24, 2.45) is 0 Å². The summed E-state index contributed by atoms with van der Waals surface area (Å²) in [5.41, 5.74) is 6.32. The number of rotatable bonds is 7. The van der Waals surface area contributed by atoms with E-state index < -0.39 is 0 Å². The summed E-state index contributed by atoms with van der Waals surface area (Å²) in [6, 6.07) is 16.3. The van der Waals surface area contributed by atoms with E-state index in [1.54, 1.807) is 0 Å². The first kappa shape index (κ1) is 17.6. The number of nitriles is 1. The van der Waals surface area contributed by atoms with Gasteiger partial charge in [-0.3, -0.25) is 0 Å². The Morgan fingerprint density at radius 1 is 1.12 bits per heavy atom. The number of nitrogens with zero attached hydrogens (tertiary/aromatic N) is 1. The summed E-state index contributed by atoms with van der Waals surface area (Å²) in [5.74, 6) is 0. The van der Waals surface area contributed by atoms with E-state index in [-0.39, 0.29) is 0 Å². The maximum Gasteiger partial charge on any atom is 0.0998 e. The minimum absolute atomic E-state index is 0.604. The van der Waals surface area contributed by atoms with Gasteiger partial charge in [0.05, 0.1) is 11.6 Å². The molecule has 0 atom stereocenters. The van der Waals surface area contributed by atoms with Crippen molar-refractivity contribution >= 4 is 17.0 Å². The fourth-order valence-electron chi connectivity index (χ4n) is 2.70. The highest BCUT2D eigenvalue weighted by atomic mass is 14.9. The molecule has 0 aromatic heterocycles. The van der Waals surface area contributed by atoms with Gasteiger partial charge in [0.25, 0.3) is 0 Å². The lowest BCUT2D eigenvalue weighted by molar-refractivity contribution is 0.795. The molecule has 0 saturated carbocycles. The van der Waals surface area contributed by atoms with Gasteiger partial charge in [0.1, 0.15) is 0 Å². The smallest absolute Gasteiger partial charge is 0.0998 e. The van der Waals surface area contributed by atoms with Gasteiger partial charge in [-0.25, -0.2) is 0 Å². The molecule has 0 spiro atoms. The first-order valence-corrected chi connectivity index (χ1v) is 8.31. The van der Waals surface area contributed by atoms with Gasteiger partial charge >= 0.3 is 0 Å². The molecule has 0 aliphatic carbocycles. The number of benzene rings is 2. The van der Waals surface area contributed by atoms with Crippen LogP contribution in [0, 0.1) is 11.3 Å². The summed E-state index contributed by atoms with van der Waals surface area (Å²) in [7, 11) is 0. The molecule has 0 amide bonds. The number of hydrogen-bond donors (Lipinski definition) is 1. The highest BCUT2D eigenvalue weighted by Gasteiger charge is 2.12. The van der Waals surface area contributed by atoms with Gasteiger partial charge < -0.3 is 5.32 Å². The summed E-state index contributed by atoms with van der Waals surface area (Å²) in [6.07, 6.45) is 3.51. The van der Waals surface area contributed by atoms with Gasteiger partial charge in [-0.1, -0.05) is 56.3 Å². The molecule has 2 heteroatoms. The summed E-state index contributed by atoms with van der Waals surface area (Å²) in [4.78, 5) is 0. The fourth-order valence-corrected chi connectivity index (χ4v) is 2.70. The lowest BCUT2D eigenvalue weighted by Crippen LogP contribution is -2.03. The van der Waals surface area contributed by atoms with Crippen LogP contribution in [0.5, 0.6) is 0 Å². The number of unbranched alkanes of at least 4 members (excludes halogenated alkanes) is 1. The number of hydrogen-bond acceptors (Lipinski definition) is 2. The van der Waals surface area contributed by atoms with Crippen LogP contribution in [-0.4, -0.2) is 0 Å². The normalized spacial score (nSPS) is 10.0. The van der Waals surface area contributed by atoms with E-state index in [1.165, 1.54) is 18.4 Å². The van der Waals surface area contributed by atoms with Crippen LogP contribution in [0.15, 0.2) is 55.6 Å². The van der Waals surface area contributed by atoms with Crippen LogP contribution in [0.2, 0.25) is 0 Å². The molecule has 2 rings (SSSR count). The van der Waals surface area contributed by atoms with Gasteiger partial charge in [-0.2, -0.15) is 5.26 Å². The Hall–Kier alpha value is -2.79. The number of aryl methyl sites for hydroxylation is 1. The maximum atomic E-state index is 9.41. The maximum absolute atomic E-state index is 9.41. The average Bonchev–Trinajstić information content (AvgIpc) is 2.60. The zero-order valence-corrected chi connectivity index (χ0v) is 14.5. The molecule has 0 heterocycles. The summed E-state index contributed by atoms with van der Waals surface area (Å²) < 4.78 is 0. The minimum atomic E-state index is 0.604. The van der Waals surface area contributed by atoms with Gasteiger partial charge in [0, 0.05) is 16.9 Å². The van der Waals surface area contributed by atoms with Crippen molar-refractivity contribution in [3.63, 3.8) is 0 Å². The fraction of sp³-hybridized carbons (Fsp3) is 0.227. The molecule has 24 heavy (non-hydrogen) atoms. The minimum Gasteiger partial charge on any atom is -0.355 e. The van der Waals surface area contributed by atoms with Crippen LogP contribution in [-0.2, 0) is 6.42 Å². The second-order valence-corrected chi connectivity index (χ2v) is 6.02. The molecule has 0 radical (unpaired) electrons. The van der Waals surface area contributed by atoms with Crippen molar-refractivity contribution in [1.82, 2.24) is 0 Å². The van der Waals surface area contributed by atoms with Gasteiger partial charge in [0.15, 0.2) is 0 Å². The SMILES string of the molecule is C=C(C)c1cccc(C#N)c1C(=C)Nc1ccc(CCCC)cc1. The molecular weight excluding hydrogens is 292 g/mol. The van der Waals surface area contributed by atoms with E-state index in [0.29, 0.717) is 11.3 Å². The largest absolute Gasteiger partial charge is 0.355 e. The Morgan fingerprint density at radius 2 is 1.83 bits per heavy atom. The topological polar surface area (TPSA) is 35.8 Å². The van der Waals surface area contributed by atoms with Crippen LogP contribution in [0.25, 0.3) is 11.3 Å². The van der Waals surface area contributed by atoms with Crippen molar-refractivity contribution in [2.75, 3.05) is 5.32 Å². The molecule has 0 unspecified atom stereocenters. The molecule has 0 fully saturated rings. The summed E-state index contributed by atoms with van der Waals surface area (Å²) in [6.45, 7) is 12.3. The third-order valence-electron chi connectivity index (χ3n) is 4.01. The molecule has 0 bridgehead atoms. The highest BCUT2D eigenvalue weighted by Crippen LogP contribution is 2.28. The van der Waals surface area contributed by atoms with Crippen LogP contribution >= 0.6 is 0 Å². The van der Waals surface area contributed by atoms with E-state index in [2.05, 4.69) is 55.7 Å². The summed E-state index contributed by atoms with van der Waals surface area (Å²) >= 11 is 0. The third-order valence-corrected chi connectivity index (χ3v) is 4.01. The Morgan fingerprint density at radius 3 is 2.42 bits per heavy atom. The molecule has 2 aromatic rings. The van der Waals surface area contributed by atoms with Crippen molar-refractivity contribution in [2.45, 2.75) is 33.1 Å². The zero-order chi connectivity index (χ0) is 17.5. The molecule has 2 aromatic carbocycles. The van der Waals surface area contributed by atoms with Crippen molar-refractivity contribution in [1.29, 1.82) is 5.26 Å². The van der Waals surface area contributed by atoms with E-state index >= 15 is 0 Å². The second-order valence-electron chi connectivity index (χ2n) is 6.02. The molecule has 0 aliphatic heterocycles. The highest BCUT2D eigenvalue weighted by molar-refractivity contribution is 5.85. The van der Waals surface area contributed by atoms with Crippen molar-refractivity contribution in [3.8, 4) is 6.07 Å². The predicted molar refractivity (Wildman–Crippen MR) is 104 cm³/mol. The molecule has 2 nitrogen and oxygen atoms in total. The van der Waals surface area contributed by atoms with Crippen molar-refractivity contribution < 1.29 is 0 Å². The molecular formula is C22H24N2. The molecule has 0 aliphatic rings. The first-order valence-electron chi connectivity index (χ1n) is 8.31. The Kier molecular flexibility index (Phi) is 5.98. The third kappa shape index (κ3) is 4.14. The standard InChI is InChI=1S/C22H24N2/c1-5-6-8-18-11-13-20(14-12-18)24-17(4)22-19(15-23)9-7-10-21(22)16(2)3/h7,9-14,24H,2,4-6,8H2,1,3H3. The predicted octanol–water partition coefficient (Wildman–Crippen LogP) is 6.02. The van der Waals surface area contributed by atoms with Crippen LogP contribution in [0.3, 0.4) is 0 Å². The molecule has 122 valence electrons. The van der Waals surface area contributed by atoms with Gasteiger partial charge in [-0.15, -0.1) is 0 Å². The number of allylic oxidation sites excluding steroid dienone is 1. The average molecular weight is 316 g/mol. The zero-order valence-electron chi connectivity index (χ0n) is 14.5. The van der Waals surface area contributed by atoms with E-state index in [0.717, 1.165) is 28.8 Å². The van der Waals surface area contributed by atoms with Gasteiger partial charge in [0.2, 0.25) is 0 Å².